The van der Waals surface area contributed by atoms with Crippen LogP contribution in [0.4, 0.5) is 0 Å². The van der Waals surface area contributed by atoms with Gasteiger partial charge in [-0.3, -0.25) is 0 Å². The number of phenolic OH excluding ortho intramolecular Hbond substituents is 1. The van der Waals surface area contributed by atoms with Crippen LogP contribution in [0.15, 0.2) is 60.1 Å². The monoisotopic (exact) mass is 555 g/mol. The lowest BCUT2D eigenvalue weighted by Crippen LogP contribution is -2.29. The maximum absolute atomic E-state index is 10.5. The average Bonchev–Trinajstić information content (AvgIpc) is 3.45. The summed E-state index contributed by atoms with van der Waals surface area (Å²) in [5.74, 6) is 0.982. The molecule has 1 aliphatic heterocycles. The fourth-order valence-corrected chi connectivity index (χ4v) is 5.29. The molecule has 8 N–H and O–H groups in total. The highest BCUT2D eigenvalue weighted by Crippen LogP contribution is 2.32. The van der Waals surface area contributed by atoms with Crippen LogP contribution in [-0.4, -0.2) is 56.9 Å². The molecule has 1 aromatic carbocycles. The van der Waals surface area contributed by atoms with Crippen molar-refractivity contribution in [2.45, 2.75) is 95.9 Å². The van der Waals surface area contributed by atoms with E-state index in [0.717, 1.165) is 42.5 Å². The maximum Gasteiger partial charge on any atom is 0.161 e. The van der Waals surface area contributed by atoms with E-state index in [1.54, 1.807) is 12.1 Å². The van der Waals surface area contributed by atoms with Crippen LogP contribution >= 0.6 is 0 Å². The molecule has 2 heterocycles. The van der Waals surface area contributed by atoms with Crippen LogP contribution in [0.3, 0.4) is 0 Å². The van der Waals surface area contributed by atoms with Crippen molar-refractivity contribution < 1.29 is 25.2 Å². The van der Waals surface area contributed by atoms with Crippen LogP contribution in [0.25, 0.3) is 0 Å². The van der Waals surface area contributed by atoms with Crippen molar-refractivity contribution in [3.05, 3.63) is 71.3 Å². The van der Waals surface area contributed by atoms with E-state index in [4.69, 9.17) is 10.5 Å². The Labute approximate surface area is 239 Å². The lowest BCUT2D eigenvalue weighted by molar-refractivity contribution is 0.0696. The number of aromatic nitrogens is 1. The van der Waals surface area contributed by atoms with Gasteiger partial charge in [-0.15, -0.1) is 0 Å². The number of aliphatic hydroxyl groups excluding tert-OH is 3. The first kappa shape index (κ1) is 31.6. The third-order valence-electron chi connectivity index (χ3n) is 7.59. The number of aromatic hydroxyl groups is 1. The molecule has 1 aliphatic rings. The normalized spacial score (nSPS) is 16.4. The molecule has 0 amide bonds. The Bertz CT molecular complexity index is 1050. The van der Waals surface area contributed by atoms with Crippen LogP contribution in [0.5, 0.6) is 11.5 Å². The van der Waals surface area contributed by atoms with Gasteiger partial charge in [-0.05, 0) is 85.9 Å². The Balaban J connectivity index is 1.56. The van der Waals surface area contributed by atoms with E-state index in [1.807, 2.05) is 30.5 Å². The molecule has 8 heteroatoms. The van der Waals surface area contributed by atoms with Crippen LogP contribution in [0.1, 0.15) is 76.0 Å². The zero-order chi connectivity index (χ0) is 28.7. The predicted octanol–water partition coefficient (Wildman–Crippen LogP) is 4.44. The second-order valence-corrected chi connectivity index (χ2v) is 11.0. The predicted molar refractivity (Wildman–Crippen MR) is 159 cm³/mol. The van der Waals surface area contributed by atoms with E-state index in [1.165, 1.54) is 19.3 Å². The minimum Gasteiger partial charge on any atom is -0.504 e. The first-order chi connectivity index (χ1) is 19.4. The van der Waals surface area contributed by atoms with Crippen molar-refractivity contribution in [1.29, 1.82) is 0 Å². The molecular weight excluding hydrogens is 506 g/mol. The highest BCUT2D eigenvalue weighted by molar-refractivity contribution is 5.42. The number of unbranched alkanes of at least 4 members (excludes halogenated alkanes) is 4. The standard InChI is InChI=1S/C32H49N3O5/c1-2-3-4-5-6-9-27(37)21-28(38)12-10-23-11-13-30(39)31(17-23)40-29(22-36)19-25(18-26-8-7-15-34-26)24-14-16-35-32(33)20-24/h7-8,11,13-15,17,20,25,27-29,34-39H,2-6,9-10,12,16,18-19,21-22,33H2,1H3/t25-,27-,28+,29-/m0/s1. The highest BCUT2D eigenvalue weighted by Gasteiger charge is 2.23. The minimum atomic E-state index is -0.596. The first-order valence-electron chi connectivity index (χ1n) is 14.9. The smallest absolute Gasteiger partial charge is 0.161 e. The van der Waals surface area contributed by atoms with Gasteiger partial charge >= 0.3 is 0 Å². The van der Waals surface area contributed by atoms with Gasteiger partial charge in [0, 0.05) is 18.4 Å². The summed E-state index contributed by atoms with van der Waals surface area (Å²) in [4.78, 5) is 3.25. The summed E-state index contributed by atoms with van der Waals surface area (Å²) in [6.45, 7) is 2.63. The summed E-state index contributed by atoms with van der Waals surface area (Å²) in [6, 6.07) is 9.17. The molecule has 0 spiro atoms. The fraction of sp³-hybridized carbons (Fsp3) is 0.562. The number of aliphatic hydroxyl groups is 3. The number of phenols is 1. The first-order valence-corrected chi connectivity index (χ1v) is 14.9. The third-order valence-corrected chi connectivity index (χ3v) is 7.59. The highest BCUT2D eigenvalue weighted by atomic mass is 16.5. The van der Waals surface area contributed by atoms with Crippen LogP contribution in [0.2, 0.25) is 0 Å². The Morgan fingerprint density at radius 2 is 1.82 bits per heavy atom. The van der Waals surface area contributed by atoms with Crippen LogP contribution in [-0.2, 0) is 12.8 Å². The van der Waals surface area contributed by atoms with E-state index in [-0.39, 0.29) is 18.3 Å². The van der Waals surface area contributed by atoms with E-state index in [9.17, 15) is 20.4 Å². The van der Waals surface area contributed by atoms with Gasteiger partial charge in [0.1, 0.15) is 6.10 Å². The number of hydrogen-bond acceptors (Lipinski definition) is 7. The molecular formula is C32H49N3O5. The number of aromatic amines is 1. The number of nitrogens with one attached hydrogen (secondary N) is 2. The van der Waals surface area contributed by atoms with E-state index in [0.29, 0.717) is 43.8 Å². The quantitative estimate of drug-likeness (QED) is 0.127. The van der Waals surface area contributed by atoms with Gasteiger partial charge in [0.2, 0.25) is 0 Å². The number of nitrogens with two attached hydrogens (primary N) is 1. The SMILES string of the molecule is CCCCCCC[C@H](O)C[C@H](O)CCc1ccc(O)c(O[C@H](CO)C[C@H](Cc2ccc[nH]2)C2=CCNC(N)=C2)c1. The lowest BCUT2D eigenvalue weighted by atomic mass is 9.87. The van der Waals surface area contributed by atoms with Crippen molar-refractivity contribution in [2.75, 3.05) is 13.2 Å². The Morgan fingerprint density at radius 1 is 1.02 bits per heavy atom. The zero-order valence-electron chi connectivity index (χ0n) is 23.9. The van der Waals surface area contributed by atoms with Crippen molar-refractivity contribution in [1.82, 2.24) is 10.3 Å². The molecule has 4 atom stereocenters. The van der Waals surface area contributed by atoms with Gasteiger partial charge in [-0.1, -0.05) is 51.2 Å². The van der Waals surface area contributed by atoms with Crippen molar-refractivity contribution >= 4 is 0 Å². The van der Waals surface area contributed by atoms with E-state index < -0.39 is 18.3 Å². The minimum absolute atomic E-state index is 0.00684. The van der Waals surface area contributed by atoms with Gasteiger partial charge < -0.3 is 41.2 Å². The van der Waals surface area contributed by atoms with Crippen molar-refractivity contribution in [2.24, 2.45) is 11.7 Å². The molecule has 0 fully saturated rings. The van der Waals surface area contributed by atoms with Crippen LogP contribution < -0.4 is 15.8 Å². The summed E-state index contributed by atoms with van der Waals surface area (Å²) < 4.78 is 6.14. The molecule has 222 valence electrons. The summed E-state index contributed by atoms with van der Waals surface area (Å²) in [7, 11) is 0. The van der Waals surface area contributed by atoms with Crippen molar-refractivity contribution in [3.63, 3.8) is 0 Å². The second kappa shape index (κ2) is 17.0. The number of dihydropyridines is 1. The lowest BCUT2D eigenvalue weighted by Gasteiger charge is -2.26. The molecule has 0 radical (unpaired) electrons. The third kappa shape index (κ3) is 10.9. The van der Waals surface area contributed by atoms with E-state index >= 15 is 0 Å². The summed E-state index contributed by atoms with van der Waals surface area (Å²) in [5, 5.41) is 44.6. The van der Waals surface area contributed by atoms with Crippen LogP contribution in [0, 0.1) is 5.92 Å². The maximum atomic E-state index is 10.5. The molecule has 0 aliphatic carbocycles. The van der Waals surface area contributed by atoms with Gasteiger partial charge in [-0.2, -0.15) is 0 Å². The molecule has 3 rings (SSSR count). The number of ether oxygens (including phenoxy) is 1. The Morgan fingerprint density at radius 3 is 2.55 bits per heavy atom. The average molecular weight is 556 g/mol. The molecule has 0 saturated heterocycles. The molecule has 40 heavy (non-hydrogen) atoms. The number of hydrogen-bond donors (Lipinski definition) is 7. The Kier molecular flexibility index (Phi) is 13.4. The summed E-state index contributed by atoms with van der Waals surface area (Å²) >= 11 is 0. The number of rotatable bonds is 19. The number of H-pyrrole nitrogens is 1. The molecule has 2 aromatic rings. The molecule has 8 nitrogen and oxygen atoms in total. The Hall–Kier alpha value is -2.94. The summed E-state index contributed by atoms with van der Waals surface area (Å²) in [6.07, 6.45) is 13.5. The van der Waals surface area contributed by atoms with Gasteiger partial charge in [0.25, 0.3) is 0 Å². The largest absolute Gasteiger partial charge is 0.504 e. The topological polar surface area (TPSA) is 144 Å². The van der Waals surface area contributed by atoms with E-state index in [2.05, 4.69) is 23.3 Å². The molecule has 1 aromatic heterocycles. The fourth-order valence-electron chi connectivity index (χ4n) is 5.29. The molecule has 0 saturated carbocycles. The molecule has 0 unspecified atom stereocenters. The number of aryl methyl sites for hydroxylation is 1. The van der Waals surface area contributed by atoms with Gasteiger partial charge in [0.15, 0.2) is 11.5 Å². The zero-order valence-corrected chi connectivity index (χ0v) is 23.9. The molecule has 0 bridgehead atoms. The van der Waals surface area contributed by atoms with Crippen molar-refractivity contribution in [3.8, 4) is 11.5 Å². The second-order valence-electron chi connectivity index (χ2n) is 11.0. The summed E-state index contributed by atoms with van der Waals surface area (Å²) in [5.41, 5.74) is 9.11. The number of allylic oxidation sites excluding steroid dienone is 2. The number of benzene rings is 1. The van der Waals surface area contributed by atoms with Gasteiger partial charge in [-0.25, -0.2) is 0 Å². The van der Waals surface area contributed by atoms with Gasteiger partial charge in [0.05, 0.1) is 24.6 Å².